The van der Waals surface area contributed by atoms with Crippen molar-refractivity contribution in [3.8, 4) is 0 Å². The molecule has 3 nitrogen and oxygen atoms in total. The number of nitrogens with zero attached hydrogens (tertiary/aromatic N) is 1. The minimum absolute atomic E-state index is 0.195. The van der Waals surface area contributed by atoms with Gasteiger partial charge in [-0.25, -0.2) is 0 Å². The van der Waals surface area contributed by atoms with E-state index >= 15 is 0 Å². The van der Waals surface area contributed by atoms with Gasteiger partial charge in [0, 0.05) is 11.0 Å². The van der Waals surface area contributed by atoms with E-state index in [2.05, 4.69) is 15.9 Å². The lowest BCUT2D eigenvalue weighted by Gasteiger charge is -2.32. The Kier molecular flexibility index (Phi) is 5.50. The van der Waals surface area contributed by atoms with Gasteiger partial charge in [0.05, 0.1) is 16.1 Å². The number of carbonyl (C=O) groups is 1. The maximum atomic E-state index is 11.7. The largest absolute Gasteiger partial charge is 0.480 e. The second kappa shape index (κ2) is 7.44. The molecule has 2 atom stereocenters. The fraction of sp³-hybridized carbons (Fsp3) is 0.278. The van der Waals surface area contributed by atoms with Crippen LogP contribution in [0.25, 0.3) is 0 Å². The molecule has 2 unspecified atom stereocenters. The summed E-state index contributed by atoms with van der Waals surface area (Å²) in [4.78, 5) is 13.7. The highest BCUT2D eigenvalue weighted by molar-refractivity contribution is 9.10. The molecule has 1 aliphatic rings. The molecule has 1 fully saturated rings. The average Bonchev–Trinajstić information content (AvgIpc) is 3.02. The second-order valence-corrected chi connectivity index (χ2v) is 7.50. The van der Waals surface area contributed by atoms with Crippen LogP contribution >= 0.6 is 39.1 Å². The van der Waals surface area contributed by atoms with E-state index in [1.165, 1.54) is 0 Å². The van der Waals surface area contributed by atoms with Gasteiger partial charge in [0.1, 0.15) is 6.04 Å². The molecule has 2 aromatic carbocycles. The van der Waals surface area contributed by atoms with Crippen molar-refractivity contribution in [3.63, 3.8) is 0 Å². The molecule has 0 saturated carbocycles. The molecule has 1 heterocycles. The zero-order valence-corrected chi connectivity index (χ0v) is 15.9. The Morgan fingerprint density at radius 2 is 1.96 bits per heavy atom. The number of aliphatic carboxylic acids is 1. The van der Waals surface area contributed by atoms with E-state index in [-0.39, 0.29) is 6.04 Å². The highest BCUT2D eigenvalue weighted by Gasteiger charge is 2.37. The second-order valence-electron chi connectivity index (χ2n) is 5.83. The first-order valence-electron chi connectivity index (χ1n) is 7.67. The molecular formula is C18H16BrCl2NO2. The van der Waals surface area contributed by atoms with Gasteiger partial charge in [0.2, 0.25) is 0 Å². The molecule has 0 amide bonds. The third-order valence-electron chi connectivity index (χ3n) is 4.37. The minimum Gasteiger partial charge on any atom is -0.480 e. The zero-order valence-electron chi connectivity index (χ0n) is 12.8. The Hall–Kier alpha value is -1.07. The number of hydrogen-bond donors (Lipinski definition) is 1. The summed E-state index contributed by atoms with van der Waals surface area (Å²) in [5.41, 5.74) is 1.95. The summed E-state index contributed by atoms with van der Waals surface area (Å²) in [5, 5.41) is 10.6. The van der Waals surface area contributed by atoms with Crippen molar-refractivity contribution in [2.24, 2.45) is 0 Å². The van der Waals surface area contributed by atoms with Crippen molar-refractivity contribution in [1.82, 2.24) is 4.90 Å². The van der Waals surface area contributed by atoms with Crippen LogP contribution in [0.5, 0.6) is 0 Å². The molecule has 1 N–H and O–H groups in total. The van der Waals surface area contributed by atoms with E-state index < -0.39 is 12.0 Å². The molecule has 1 saturated heterocycles. The lowest BCUT2D eigenvalue weighted by atomic mass is 9.96. The number of hydrogen-bond acceptors (Lipinski definition) is 2. The summed E-state index contributed by atoms with van der Waals surface area (Å²) >= 11 is 15.9. The smallest absolute Gasteiger partial charge is 0.320 e. The molecule has 0 spiro atoms. The molecule has 6 heteroatoms. The predicted molar refractivity (Wildman–Crippen MR) is 99.8 cm³/mol. The average molecular weight is 429 g/mol. The SMILES string of the molecule is O=C(O)C1CCCN1C(c1ccc(Cl)c(Cl)c1)c1ccccc1Br. The molecule has 1 aliphatic heterocycles. The first-order valence-corrected chi connectivity index (χ1v) is 9.22. The van der Waals surface area contributed by atoms with Gasteiger partial charge in [-0.15, -0.1) is 0 Å². The lowest BCUT2D eigenvalue weighted by Crippen LogP contribution is -2.39. The summed E-state index contributed by atoms with van der Waals surface area (Å²) < 4.78 is 0.942. The fourth-order valence-electron chi connectivity index (χ4n) is 3.29. The summed E-state index contributed by atoms with van der Waals surface area (Å²) in [6, 6.07) is 12.7. The number of rotatable bonds is 4. The van der Waals surface area contributed by atoms with Gasteiger partial charge in [0.15, 0.2) is 0 Å². The fourth-order valence-corrected chi connectivity index (χ4v) is 4.10. The van der Waals surface area contributed by atoms with Gasteiger partial charge in [-0.3, -0.25) is 9.69 Å². The summed E-state index contributed by atoms with van der Waals surface area (Å²) in [5.74, 6) is -0.787. The number of carboxylic acids is 1. The zero-order chi connectivity index (χ0) is 17.3. The van der Waals surface area contributed by atoms with Gasteiger partial charge in [0.25, 0.3) is 0 Å². The maximum Gasteiger partial charge on any atom is 0.320 e. The van der Waals surface area contributed by atoms with Crippen molar-refractivity contribution in [2.45, 2.75) is 24.9 Å². The molecule has 0 radical (unpaired) electrons. The van der Waals surface area contributed by atoms with Crippen LogP contribution in [0.15, 0.2) is 46.9 Å². The van der Waals surface area contributed by atoms with Crippen LogP contribution < -0.4 is 0 Å². The Labute approximate surface area is 159 Å². The van der Waals surface area contributed by atoms with E-state index in [0.29, 0.717) is 16.5 Å². The topological polar surface area (TPSA) is 40.5 Å². The van der Waals surface area contributed by atoms with Gasteiger partial charge >= 0.3 is 5.97 Å². The van der Waals surface area contributed by atoms with E-state index in [1.807, 2.05) is 41.3 Å². The van der Waals surface area contributed by atoms with Crippen molar-refractivity contribution < 1.29 is 9.90 Å². The molecule has 3 rings (SSSR count). The van der Waals surface area contributed by atoms with Crippen molar-refractivity contribution in [2.75, 3.05) is 6.54 Å². The van der Waals surface area contributed by atoms with Crippen LogP contribution in [0.3, 0.4) is 0 Å². The Bertz CT molecular complexity index is 768. The van der Waals surface area contributed by atoms with Crippen molar-refractivity contribution in [1.29, 1.82) is 0 Å². The monoisotopic (exact) mass is 427 g/mol. The van der Waals surface area contributed by atoms with Crippen molar-refractivity contribution in [3.05, 3.63) is 68.1 Å². The number of carboxylic acid groups (broad SMARTS) is 1. The molecule has 0 aliphatic carbocycles. The first-order chi connectivity index (χ1) is 11.5. The van der Waals surface area contributed by atoms with Gasteiger partial charge in [-0.1, -0.05) is 63.4 Å². The van der Waals surface area contributed by atoms with Crippen LogP contribution in [0, 0.1) is 0 Å². The highest BCUT2D eigenvalue weighted by atomic mass is 79.9. The summed E-state index contributed by atoms with van der Waals surface area (Å²) in [7, 11) is 0. The molecule has 2 aromatic rings. The quantitative estimate of drug-likeness (QED) is 0.709. The normalized spacial score (nSPS) is 19.4. The standard InChI is InChI=1S/C18H16BrCl2NO2/c19-13-5-2-1-4-12(13)17(11-7-8-14(20)15(21)10-11)22-9-3-6-16(22)18(23)24/h1-2,4-5,7-8,10,16-17H,3,6,9H2,(H,23,24). The Balaban J connectivity index is 2.12. The Morgan fingerprint density at radius 3 is 2.62 bits per heavy atom. The molecule has 24 heavy (non-hydrogen) atoms. The van der Waals surface area contributed by atoms with Gasteiger partial charge < -0.3 is 5.11 Å². The van der Waals surface area contributed by atoms with E-state index in [1.54, 1.807) is 6.07 Å². The number of benzene rings is 2. The lowest BCUT2D eigenvalue weighted by molar-refractivity contribution is -0.142. The van der Waals surface area contributed by atoms with Gasteiger partial charge in [-0.05, 0) is 42.2 Å². The molecule has 126 valence electrons. The van der Waals surface area contributed by atoms with Crippen LogP contribution in [0.2, 0.25) is 10.0 Å². The van der Waals surface area contributed by atoms with Crippen LogP contribution in [0.4, 0.5) is 0 Å². The van der Waals surface area contributed by atoms with Crippen LogP contribution in [-0.2, 0) is 4.79 Å². The van der Waals surface area contributed by atoms with Crippen LogP contribution in [-0.4, -0.2) is 28.6 Å². The third kappa shape index (κ3) is 3.47. The number of likely N-dealkylation sites (tertiary alicyclic amines) is 1. The minimum atomic E-state index is -0.787. The maximum absolute atomic E-state index is 11.7. The molecule has 0 bridgehead atoms. The Morgan fingerprint density at radius 1 is 1.21 bits per heavy atom. The molecular weight excluding hydrogens is 413 g/mol. The van der Waals surface area contributed by atoms with E-state index in [9.17, 15) is 9.90 Å². The summed E-state index contributed by atoms with van der Waals surface area (Å²) in [6.45, 7) is 0.725. The highest BCUT2D eigenvalue weighted by Crippen LogP contribution is 2.39. The van der Waals surface area contributed by atoms with E-state index in [4.69, 9.17) is 23.2 Å². The third-order valence-corrected chi connectivity index (χ3v) is 5.83. The summed E-state index contributed by atoms with van der Waals surface area (Å²) in [6.07, 6.45) is 1.51. The van der Waals surface area contributed by atoms with Crippen LogP contribution in [0.1, 0.15) is 30.0 Å². The first kappa shape index (κ1) is 17.7. The van der Waals surface area contributed by atoms with Crippen molar-refractivity contribution >= 4 is 45.1 Å². The van der Waals surface area contributed by atoms with Gasteiger partial charge in [-0.2, -0.15) is 0 Å². The number of halogens is 3. The predicted octanol–water partition coefficient (Wildman–Crippen LogP) is 5.39. The van der Waals surface area contributed by atoms with E-state index in [0.717, 1.165) is 28.6 Å². The molecule has 0 aromatic heterocycles.